The largest absolute Gasteiger partial charge is 0.444 e. The van der Waals surface area contributed by atoms with E-state index in [1.54, 1.807) is 56.0 Å². The number of benzene rings is 2. The van der Waals surface area contributed by atoms with Crippen LogP contribution in [0.5, 0.6) is 0 Å². The third kappa shape index (κ3) is 7.33. The Morgan fingerprint density at radius 3 is 2.54 bits per heavy atom. The van der Waals surface area contributed by atoms with Crippen LogP contribution in [0.2, 0.25) is 5.15 Å². The molecule has 2 amide bonds. The summed E-state index contributed by atoms with van der Waals surface area (Å²) in [5, 5.41) is 14.1. The third-order valence-corrected chi connectivity index (χ3v) is 6.24. The van der Waals surface area contributed by atoms with Gasteiger partial charge in [0.1, 0.15) is 22.3 Å². The van der Waals surface area contributed by atoms with E-state index in [0.29, 0.717) is 48.9 Å². The Morgan fingerprint density at radius 1 is 1.21 bits per heavy atom. The first-order valence-corrected chi connectivity index (χ1v) is 12.8. The molecule has 1 unspecified atom stereocenters. The van der Waals surface area contributed by atoms with E-state index in [-0.39, 0.29) is 23.2 Å². The molecule has 1 atom stereocenters. The molecular formula is C27H30ClN5O6. The predicted octanol–water partition coefficient (Wildman–Crippen LogP) is 4.92. The highest BCUT2D eigenvalue weighted by Gasteiger charge is 2.26. The van der Waals surface area contributed by atoms with Gasteiger partial charge in [-0.1, -0.05) is 23.7 Å². The number of hydrogen-bond acceptors (Lipinski definition) is 7. The van der Waals surface area contributed by atoms with Crippen LogP contribution in [-0.4, -0.2) is 63.7 Å². The summed E-state index contributed by atoms with van der Waals surface area (Å²) in [7, 11) is 0. The molecule has 12 heteroatoms. The number of H-pyrrole nitrogens is 1. The highest BCUT2D eigenvalue weighted by molar-refractivity contribution is 6.31. The molecule has 39 heavy (non-hydrogen) atoms. The molecule has 2 N–H and O–H groups in total. The molecule has 0 bridgehead atoms. The van der Waals surface area contributed by atoms with Gasteiger partial charge < -0.3 is 24.7 Å². The van der Waals surface area contributed by atoms with Gasteiger partial charge in [0.25, 0.3) is 11.6 Å². The number of rotatable bonds is 7. The summed E-state index contributed by atoms with van der Waals surface area (Å²) in [6.07, 6.45) is -0.357. The number of ether oxygens (including phenoxy) is 2. The first-order valence-electron chi connectivity index (χ1n) is 12.5. The van der Waals surface area contributed by atoms with Crippen LogP contribution < -0.4 is 5.32 Å². The minimum atomic E-state index is -0.718. The summed E-state index contributed by atoms with van der Waals surface area (Å²) in [4.78, 5) is 45.7. The van der Waals surface area contributed by atoms with Crippen LogP contribution in [0, 0.1) is 10.1 Å². The number of carbonyl (C=O) groups excluding carboxylic acids is 2. The van der Waals surface area contributed by atoms with Gasteiger partial charge in [-0.05, 0) is 50.6 Å². The third-order valence-electron chi connectivity index (χ3n) is 5.96. The Morgan fingerprint density at radius 2 is 1.90 bits per heavy atom. The number of nitro groups is 1. The number of non-ortho nitro benzene ring substituents is 1. The van der Waals surface area contributed by atoms with E-state index in [4.69, 9.17) is 21.1 Å². The molecule has 1 aliphatic rings. The normalized spacial score (nSPS) is 14.5. The molecule has 206 valence electrons. The van der Waals surface area contributed by atoms with E-state index in [9.17, 15) is 19.7 Å². The maximum absolute atomic E-state index is 13.0. The maximum Gasteiger partial charge on any atom is 0.408 e. The summed E-state index contributed by atoms with van der Waals surface area (Å²) in [5.41, 5.74) is 1.51. The van der Waals surface area contributed by atoms with Gasteiger partial charge in [-0.3, -0.25) is 14.9 Å². The minimum absolute atomic E-state index is 0.0541. The Labute approximate surface area is 230 Å². The number of hydrogen-bond donors (Lipinski definition) is 2. The Hall–Kier alpha value is -3.96. The molecule has 1 saturated heterocycles. The van der Waals surface area contributed by atoms with E-state index in [2.05, 4.69) is 15.3 Å². The molecule has 4 rings (SSSR count). The smallest absolute Gasteiger partial charge is 0.408 e. The van der Waals surface area contributed by atoms with Crippen molar-refractivity contribution < 1.29 is 24.0 Å². The van der Waals surface area contributed by atoms with Gasteiger partial charge in [0.05, 0.1) is 24.2 Å². The number of imidazole rings is 1. The van der Waals surface area contributed by atoms with Gasteiger partial charge in [0.2, 0.25) is 0 Å². The fourth-order valence-electron chi connectivity index (χ4n) is 4.15. The van der Waals surface area contributed by atoms with Gasteiger partial charge >= 0.3 is 6.09 Å². The van der Waals surface area contributed by atoms with Crippen LogP contribution in [0.4, 0.5) is 10.5 Å². The van der Waals surface area contributed by atoms with Gasteiger partial charge in [-0.2, -0.15) is 0 Å². The number of morpholine rings is 1. The van der Waals surface area contributed by atoms with Crippen molar-refractivity contribution in [1.82, 2.24) is 20.2 Å². The van der Waals surface area contributed by atoms with Gasteiger partial charge in [0.15, 0.2) is 0 Å². The summed E-state index contributed by atoms with van der Waals surface area (Å²) >= 11 is 6.47. The maximum atomic E-state index is 13.0. The lowest BCUT2D eigenvalue weighted by atomic mass is 10.0. The lowest BCUT2D eigenvalue weighted by Gasteiger charge is -2.27. The molecule has 1 aromatic heterocycles. The van der Waals surface area contributed by atoms with Crippen LogP contribution in [0.15, 0.2) is 48.5 Å². The standard InChI is InChI=1S/C27H30ClN5O6/c1-27(2,3)39-26(35)29-21(16-17-5-4-6-19(15-17)25(34)32-11-13-38-14-12-32)24-30-22(23(28)31-24)18-7-9-20(10-8-18)33(36)37/h4-10,15,21H,11-14,16H2,1-3H3,(H,29,35)(H,30,31). The van der Waals surface area contributed by atoms with E-state index in [1.807, 2.05) is 6.07 Å². The molecule has 1 aliphatic heterocycles. The first kappa shape index (κ1) is 28.1. The second-order valence-electron chi connectivity index (χ2n) is 10.1. The molecule has 0 spiro atoms. The van der Waals surface area contributed by atoms with E-state index < -0.39 is 22.7 Å². The molecule has 11 nitrogen and oxygen atoms in total. The monoisotopic (exact) mass is 555 g/mol. The quantitative estimate of drug-likeness (QED) is 0.311. The van der Waals surface area contributed by atoms with Crippen LogP contribution in [0.25, 0.3) is 11.3 Å². The predicted molar refractivity (Wildman–Crippen MR) is 145 cm³/mol. The molecule has 2 heterocycles. The number of amides is 2. The summed E-state index contributed by atoms with van der Waals surface area (Å²) in [5.74, 6) is 0.280. The molecule has 0 saturated carbocycles. The second kappa shape index (κ2) is 11.8. The zero-order valence-corrected chi connectivity index (χ0v) is 22.7. The molecular weight excluding hydrogens is 526 g/mol. The summed E-state index contributed by atoms with van der Waals surface area (Å²) < 4.78 is 10.8. The Bertz CT molecular complexity index is 1350. The highest BCUT2D eigenvalue weighted by atomic mass is 35.5. The van der Waals surface area contributed by atoms with Crippen LogP contribution in [0.3, 0.4) is 0 Å². The van der Waals surface area contributed by atoms with Gasteiger partial charge in [-0.25, -0.2) is 9.78 Å². The van der Waals surface area contributed by atoms with E-state index in [0.717, 1.165) is 5.56 Å². The van der Waals surface area contributed by atoms with E-state index in [1.165, 1.54) is 12.1 Å². The van der Waals surface area contributed by atoms with Crippen molar-refractivity contribution in [2.75, 3.05) is 26.3 Å². The van der Waals surface area contributed by atoms with Crippen molar-refractivity contribution in [1.29, 1.82) is 0 Å². The number of nitrogens with zero attached hydrogens (tertiary/aromatic N) is 3. The molecule has 1 fully saturated rings. The van der Waals surface area contributed by atoms with Crippen molar-refractivity contribution in [3.8, 4) is 11.3 Å². The van der Waals surface area contributed by atoms with Crippen molar-refractivity contribution in [3.05, 3.63) is 80.7 Å². The number of aromatic amines is 1. The van der Waals surface area contributed by atoms with Gasteiger partial charge in [-0.15, -0.1) is 0 Å². The van der Waals surface area contributed by atoms with E-state index >= 15 is 0 Å². The fraction of sp³-hybridized carbons (Fsp3) is 0.370. The number of alkyl carbamates (subject to hydrolysis) is 1. The topological polar surface area (TPSA) is 140 Å². The Balaban J connectivity index is 1.61. The Kier molecular flexibility index (Phi) is 8.51. The molecule has 0 aliphatic carbocycles. The first-order chi connectivity index (χ1) is 18.5. The van der Waals surface area contributed by atoms with Crippen LogP contribution in [-0.2, 0) is 15.9 Å². The van der Waals surface area contributed by atoms with Gasteiger partial charge in [0, 0.05) is 42.8 Å². The van der Waals surface area contributed by atoms with Crippen LogP contribution >= 0.6 is 11.6 Å². The average Bonchev–Trinajstić information content (AvgIpc) is 3.29. The molecule has 2 aromatic carbocycles. The second-order valence-corrected chi connectivity index (χ2v) is 10.5. The fourth-order valence-corrected chi connectivity index (χ4v) is 4.40. The number of carbonyl (C=O) groups is 2. The lowest BCUT2D eigenvalue weighted by molar-refractivity contribution is -0.384. The highest BCUT2D eigenvalue weighted by Crippen LogP contribution is 2.30. The molecule has 0 radical (unpaired) electrons. The molecule has 3 aromatic rings. The summed E-state index contributed by atoms with van der Waals surface area (Å²) in [6, 6.07) is 12.4. The average molecular weight is 556 g/mol. The zero-order chi connectivity index (χ0) is 28.2. The van der Waals surface area contributed by atoms with Crippen molar-refractivity contribution >= 4 is 29.3 Å². The number of nitro benzene ring substituents is 1. The zero-order valence-electron chi connectivity index (χ0n) is 21.9. The minimum Gasteiger partial charge on any atom is -0.444 e. The van der Waals surface area contributed by atoms with Crippen molar-refractivity contribution in [3.63, 3.8) is 0 Å². The van der Waals surface area contributed by atoms with Crippen LogP contribution in [0.1, 0.15) is 48.6 Å². The van der Waals surface area contributed by atoms with Crippen molar-refractivity contribution in [2.24, 2.45) is 0 Å². The number of nitrogens with one attached hydrogen (secondary N) is 2. The lowest BCUT2D eigenvalue weighted by Crippen LogP contribution is -2.40. The SMILES string of the molecule is CC(C)(C)OC(=O)NC(Cc1cccc(C(=O)N2CCOCC2)c1)c1nc(-c2ccc([N+](=O)[O-])cc2)c(Cl)[nH]1. The number of aromatic nitrogens is 2. The number of halogens is 1. The van der Waals surface area contributed by atoms with Crippen molar-refractivity contribution in [2.45, 2.75) is 38.8 Å². The summed E-state index contributed by atoms with van der Waals surface area (Å²) in [6.45, 7) is 7.36.